The van der Waals surface area contributed by atoms with Crippen molar-refractivity contribution < 1.29 is 0 Å². The predicted octanol–water partition coefficient (Wildman–Crippen LogP) is 4.42. The van der Waals surface area contributed by atoms with Gasteiger partial charge in [0.1, 0.15) is 0 Å². The third kappa shape index (κ3) is 1.02. The summed E-state index contributed by atoms with van der Waals surface area (Å²) >= 11 is 3.74. The molecule has 0 bridgehead atoms. The SMILES string of the molecule is Cc1cc2ccc3ccsc3c2s1. The van der Waals surface area contributed by atoms with Crippen LogP contribution in [0.1, 0.15) is 4.88 Å². The molecule has 2 heteroatoms. The second kappa shape index (κ2) is 2.56. The van der Waals surface area contributed by atoms with Gasteiger partial charge in [-0.15, -0.1) is 22.7 Å². The van der Waals surface area contributed by atoms with Crippen LogP contribution >= 0.6 is 22.7 Å². The van der Waals surface area contributed by atoms with Gasteiger partial charge in [-0.2, -0.15) is 0 Å². The van der Waals surface area contributed by atoms with Gasteiger partial charge in [0.2, 0.25) is 0 Å². The molecular weight excluding hydrogens is 196 g/mol. The second-order valence-corrected chi connectivity index (χ2v) is 5.35. The van der Waals surface area contributed by atoms with Crippen LogP contribution in [0, 0.1) is 6.92 Å². The Kier molecular flexibility index (Phi) is 1.49. The van der Waals surface area contributed by atoms with E-state index in [9.17, 15) is 0 Å². The van der Waals surface area contributed by atoms with E-state index in [-0.39, 0.29) is 0 Å². The van der Waals surface area contributed by atoms with Crippen molar-refractivity contribution in [3.8, 4) is 0 Å². The van der Waals surface area contributed by atoms with E-state index in [1.807, 2.05) is 22.7 Å². The molecule has 0 aliphatic heterocycles. The van der Waals surface area contributed by atoms with Gasteiger partial charge in [-0.1, -0.05) is 12.1 Å². The summed E-state index contributed by atoms with van der Waals surface area (Å²) < 4.78 is 2.89. The quantitative estimate of drug-likeness (QED) is 0.508. The van der Waals surface area contributed by atoms with Crippen LogP contribution in [0.2, 0.25) is 0 Å². The van der Waals surface area contributed by atoms with E-state index in [1.165, 1.54) is 25.0 Å². The highest BCUT2D eigenvalue weighted by atomic mass is 32.1. The molecule has 0 radical (unpaired) electrons. The molecule has 3 rings (SSSR count). The molecule has 0 amide bonds. The molecule has 0 nitrogen and oxygen atoms in total. The topological polar surface area (TPSA) is 0 Å². The van der Waals surface area contributed by atoms with E-state index < -0.39 is 0 Å². The lowest BCUT2D eigenvalue weighted by Gasteiger charge is -1.90. The lowest BCUT2D eigenvalue weighted by atomic mass is 10.2. The fourth-order valence-electron chi connectivity index (χ4n) is 1.65. The number of hydrogen-bond donors (Lipinski definition) is 0. The highest BCUT2D eigenvalue weighted by molar-refractivity contribution is 7.26. The minimum atomic E-state index is 1.37. The summed E-state index contributed by atoms with van der Waals surface area (Å²) in [4.78, 5) is 1.40. The molecule has 0 aliphatic carbocycles. The first kappa shape index (κ1) is 7.54. The van der Waals surface area contributed by atoms with E-state index in [0.29, 0.717) is 0 Å². The van der Waals surface area contributed by atoms with Crippen molar-refractivity contribution in [1.82, 2.24) is 0 Å². The van der Waals surface area contributed by atoms with Gasteiger partial charge in [-0.25, -0.2) is 0 Å². The Morgan fingerprint density at radius 2 is 1.85 bits per heavy atom. The van der Waals surface area contributed by atoms with E-state index in [4.69, 9.17) is 0 Å². The lowest BCUT2D eigenvalue weighted by molar-refractivity contribution is 1.66. The van der Waals surface area contributed by atoms with Crippen LogP contribution in [0.25, 0.3) is 20.2 Å². The van der Waals surface area contributed by atoms with Gasteiger partial charge in [0.25, 0.3) is 0 Å². The Labute approximate surface area is 84.4 Å². The zero-order valence-corrected chi connectivity index (χ0v) is 8.84. The normalized spacial score (nSPS) is 11.5. The van der Waals surface area contributed by atoms with E-state index in [1.54, 1.807) is 0 Å². The Bertz CT molecular complexity index is 572. The summed E-state index contributed by atoms with van der Waals surface area (Å²) in [7, 11) is 0. The van der Waals surface area contributed by atoms with Crippen LogP contribution < -0.4 is 0 Å². The van der Waals surface area contributed by atoms with Gasteiger partial charge >= 0.3 is 0 Å². The summed E-state index contributed by atoms with van der Waals surface area (Å²) in [5.41, 5.74) is 0. The highest BCUT2D eigenvalue weighted by Crippen LogP contribution is 2.35. The maximum Gasteiger partial charge on any atom is 0.0523 e. The minimum Gasteiger partial charge on any atom is -0.142 e. The molecule has 3 aromatic rings. The summed E-state index contributed by atoms with van der Waals surface area (Å²) in [6, 6.07) is 8.88. The molecule has 0 fully saturated rings. The Balaban J connectivity index is 2.64. The first-order valence-electron chi connectivity index (χ1n) is 4.21. The van der Waals surface area contributed by atoms with Crippen LogP contribution in [0.15, 0.2) is 29.6 Å². The molecule has 2 aromatic heterocycles. The molecule has 0 N–H and O–H groups in total. The summed E-state index contributed by atoms with van der Waals surface area (Å²) in [6.45, 7) is 2.17. The molecule has 13 heavy (non-hydrogen) atoms. The number of aryl methyl sites for hydroxylation is 1. The predicted molar refractivity (Wildman–Crippen MR) is 61.9 cm³/mol. The number of fused-ring (bicyclic) bond motifs is 3. The maximum absolute atomic E-state index is 2.26. The molecule has 0 unspecified atom stereocenters. The van der Waals surface area contributed by atoms with Crippen molar-refractivity contribution in [3.63, 3.8) is 0 Å². The molecule has 64 valence electrons. The van der Waals surface area contributed by atoms with Gasteiger partial charge < -0.3 is 0 Å². The molecule has 0 aliphatic rings. The van der Waals surface area contributed by atoms with Crippen LogP contribution in [0.5, 0.6) is 0 Å². The number of thiophene rings is 2. The van der Waals surface area contributed by atoms with E-state index in [0.717, 1.165) is 0 Å². The maximum atomic E-state index is 2.26. The summed E-state index contributed by atoms with van der Waals surface area (Å²) in [6.07, 6.45) is 0. The number of hydrogen-bond acceptors (Lipinski definition) is 2. The third-order valence-electron chi connectivity index (χ3n) is 2.23. The Hall–Kier alpha value is -0.860. The Morgan fingerprint density at radius 1 is 1.00 bits per heavy atom. The number of rotatable bonds is 0. The van der Waals surface area contributed by atoms with E-state index >= 15 is 0 Å². The van der Waals surface area contributed by atoms with Crippen molar-refractivity contribution in [3.05, 3.63) is 34.5 Å². The third-order valence-corrected chi connectivity index (χ3v) is 4.39. The van der Waals surface area contributed by atoms with Crippen LogP contribution in [0.4, 0.5) is 0 Å². The van der Waals surface area contributed by atoms with Crippen molar-refractivity contribution in [1.29, 1.82) is 0 Å². The molecule has 1 aromatic carbocycles. The molecule has 0 atom stereocenters. The largest absolute Gasteiger partial charge is 0.142 e. The zero-order chi connectivity index (χ0) is 8.84. The van der Waals surface area contributed by atoms with Gasteiger partial charge in [-0.3, -0.25) is 0 Å². The molecular formula is C11H8S2. The summed E-state index contributed by atoms with van der Waals surface area (Å²) in [5, 5.41) is 4.93. The van der Waals surface area contributed by atoms with Crippen molar-refractivity contribution in [2.75, 3.05) is 0 Å². The number of benzene rings is 1. The Morgan fingerprint density at radius 3 is 2.77 bits per heavy atom. The monoisotopic (exact) mass is 204 g/mol. The smallest absolute Gasteiger partial charge is 0.0523 e. The average molecular weight is 204 g/mol. The van der Waals surface area contributed by atoms with Gasteiger partial charge in [0.15, 0.2) is 0 Å². The van der Waals surface area contributed by atoms with Crippen molar-refractivity contribution in [2.45, 2.75) is 6.92 Å². The second-order valence-electron chi connectivity index (χ2n) is 3.18. The first-order valence-corrected chi connectivity index (χ1v) is 5.90. The molecule has 0 spiro atoms. The summed E-state index contributed by atoms with van der Waals surface area (Å²) in [5.74, 6) is 0. The van der Waals surface area contributed by atoms with Crippen LogP contribution in [-0.2, 0) is 0 Å². The van der Waals surface area contributed by atoms with Gasteiger partial charge in [0, 0.05) is 4.88 Å². The van der Waals surface area contributed by atoms with Crippen molar-refractivity contribution >= 4 is 42.8 Å². The van der Waals surface area contributed by atoms with Crippen LogP contribution in [0.3, 0.4) is 0 Å². The standard InChI is InChI=1S/C11H8S2/c1-7-6-9-3-2-8-4-5-12-10(8)11(9)13-7/h2-6H,1H3. The first-order chi connectivity index (χ1) is 6.34. The van der Waals surface area contributed by atoms with Gasteiger partial charge in [0.05, 0.1) is 9.40 Å². The molecule has 0 saturated carbocycles. The molecule has 2 heterocycles. The van der Waals surface area contributed by atoms with Crippen LogP contribution in [-0.4, -0.2) is 0 Å². The fourth-order valence-corrected chi connectivity index (χ4v) is 3.73. The van der Waals surface area contributed by atoms with Crippen molar-refractivity contribution in [2.24, 2.45) is 0 Å². The fraction of sp³-hybridized carbons (Fsp3) is 0.0909. The zero-order valence-electron chi connectivity index (χ0n) is 7.20. The van der Waals surface area contributed by atoms with E-state index in [2.05, 4.69) is 36.6 Å². The average Bonchev–Trinajstić information content (AvgIpc) is 2.65. The molecule has 0 saturated heterocycles. The lowest BCUT2D eigenvalue weighted by Crippen LogP contribution is -1.62. The minimum absolute atomic E-state index is 1.37. The highest BCUT2D eigenvalue weighted by Gasteiger charge is 2.03. The van der Waals surface area contributed by atoms with Gasteiger partial charge in [-0.05, 0) is 35.2 Å².